The van der Waals surface area contributed by atoms with Crippen LogP contribution in [-0.4, -0.2) is 0 Å². The lowest BCUT2D eigenvalue weighted by Gasteiger charge is -2.08. The zero-order valence-corrected chi connectivity index (χ0v) is 10.9. The van der Waals surface area contributed by atoms with Crippen LogP contribution >= 0.6 is 23.4 Å². The number of nitrogens with two attached hydrogens (primary N) is 1. The summed E-state index contributed by atoms with van der Waals surface area (Å²) < 4.78 is 26.6. The predicted molar refractivity (Wildman–Crippen MR) is 69.8 cm³/mol. The van der Waals surface area contributed by atoms with Gasteiger partial charge in [-0.05, 0) is 35.9 Å². The summed E-state index contributed by atoms with van der Waals surface area (Å²) in [6.45, 7) is 0.316. The molecule has 0 aliphatic carbocycles. The molecule has 5 heteroatoms. The Morgan fingerprint density at radius 1 is 1.06 bits per heavy atom. The third-order valence-corrected chi connectivity index (χ3v) is 3.73. The normalized spacial score (nSPS) is 10.7. The van der Waals surface area contributed by atoms with Gasteiger partial charge in [-0.2, -0.15) is 0 Å². The Bertz CT molecular complexity index is 575. The van der Waals surface area contributed by atoms with E-state index in [0.717, 1.165) is 40.4 Å². The molecule has 0 spiro atoms. The van der Waals surface area contributed by atoms with E-state index in [-0.39, 0.29) is 4.90 Å². The highest BCUT2D eigenvalue weighted by Crippen LogP contribution is 2.34. The van der Waals surface area contributed by atoms with Crippen molar-refractivity contribution in [3.8, 4) is 0 Å². The molecule has 1 nitrogen and oxygen atoms in total. The molecule has 0 atom stereocenters. The molecule has 0 saturated carbocycles. The zero-order chi connectivity index (χ0) is 13.1. The van der Waals surface area contributed by atoms with Crippen molar-refractivity contribution < 1.29 is 8.78 Å². The summed E-state index contributed by atoms with van der Waals surface area (Å²) in [4.78, 5) is 0.946. The van der Waals surface area contributed by atoms with Gasteiger partial charge in [0, 0.05) is 16.5 Å². The first kappa shape index (κ1) is 13.3. The van der Waals surface area contributed by atoms with Gasteiger partial charge in [0.1, 0.15) is 11.6 Å². The minimum Gasteiger partial charge on any atom is -0.326 e. The second kappa shape index (κ2) is 5.69. The molecule has 0 heterocycles. The maximum atomic E-state index is 13.5. The topological polar surface area (TPSA) is 26.0 Å². The summed E-state index contributed by atoms with van der Waals surface area (Å²) in [6.07, 6.45) is 0. The van der Waals surface area contributed by atoms with Crippen LogP contribution in [0.2, 0.25) is 5.02 Å². The number of hydrogen-bond acceptors (Lipinski definition) is 2. The Labute approximate surface area is 113 Å². The van der Waals surface area contributed by atoms with Gasteiger partial charge in [-0.1, -0.05) is 29.4 Å². The van der Waals surface area contributed by atoms with E-state index in [1.807, 2.05) is 0 Å². The van der Waals surface area contributed by atoms with Gasteiger partial charge in [0.05, 0.1) is 4.90 Å². The van der Waals surface area contributed by atoms with E-state index in [0.29, 0.717) is 11.6 Å². The standard InChI is InChI=1S/C13H10ClF2NS/c14-9-2-1-8(7-17)12(5-9)18-13-6-10(15)3-4-11(13)16/h1-6H,7,17H2. The fourth-order valence-electron chi connectivity index (χ4n) is 1.47. The van der Waals surface area contributed by atoms with Crippen LogP contribution in [-0.2, 0) is 6.54 Å². The Balaban J connectivity index is 2.38. The minimum absolute atomic E-state index is 0.215. The number of rotatable bonds is 3. The van der Waals surface area contributed by atoms with Crippen molar-refractivity contribution in [3.05, 3.63) is 58.6 Å². The van der Waals surface area contributed by atoms with E-state index >= 15 is 0 Å². The average molecular weight is 286 g/mol. The highest BCUT2D eigenvalue weighted by atomic mass is 35.5. The lowest BCUT2D eigenvalue weighted by Crippen LogP contribution is -1.98. The van der Waals surface area contributed by atoms with Crippen LogP contribution in [0, 0.1) is 11.6 Å². The summed E-state index contributed by atoms with van der Waals surface area (Å²) in [5, 5.41) is 0.534. The molecule has 0 aliphatic heterocycles. The maximum absolute atomic E-state index is 13.5. The maximum Gasteiger partial charge on any atom is 0.137 e. The van der Waals surface area contributed by atoms with Gasteiger partial charge in [-0.15, -0.1) is 0 Å². The summed E-state index contributed by atoms with van der Waals surface area (Å²) in [5.41, 5.74) is 6.44. The van der Waals surface area contributed by atoms with E-state index in [2.05, 4.69) is 0 Å². The smallest absolute Gasteiger partial charge is 0.137 e. The number of hydrogen-bond donors (Lipinski definition) is 1. The quantitative estimate of drug-likeness (QED) is 0.913. The van der Waals surface area contributed by atoms with E-state index in [1.165, 1.54) is 0 Å². The zero-order valence-electron chi connectivity index (χ0n) is 9.29. The van der Waals surface area contributed by atoms with Crippen molar-refractivity contribution in [2.24, 2.45) is 5.73 Å². The molecule has 0 unspecified atom stereocenters. The number of benzene rings is 2. The van der Waals surface area contributed by atoms with Gasteiger partial charge in [0.2, 0.25) is 0 Å². The lowest BCUT2D eigenvalue weighted by molar-refractivity contribution is 0.577. The molecule has 2 rings (SSSR count). The first-order valence-corrected chi connectivity index (χ1v) is 6.41. The lowest BCUT2D eigenvalue weighted by atomic mass is 10.2. The van der Waals surface area contributed by atoms with Gasteiger partial charge in [-0.25, -0.2) is 8.78 Å². The van der Waals surface area contributed by atoms with Gasteiger partial charge < -0.3 is 5.73 Å². The molecule has 94 valence electrons. The second-order valence-electron chi connectivity index (χ2n) is 3.63. The van der Waals surface area contributed by atoms with Crippen LogP contribution in [0.25, 0.3) is 0 Å². The first-order valence-electron chi connectivity index (χ1n) is 5.21. The Hall–Kier alpha value is -1.10. The monoisotopic (exact) mass is 285 g/mol. The molecule has 2 aromatic carbocycles. The third-order valence-electron chi connectivity index (χ3n) is 2.36. The van der Waals surface area contributed by atoms with E-state index in [9.17, 15) is 8.78 Å². The molecule has 0 aliphatic rings. The van der Waals surface area contributed by atoms with Crippen LogP contribution < -0.4 is 5.73 Å². The van der Waals surface area contributed by atoms with Gasteiger partial charge >= 0.3 is 0 Å². The van der Waals surface area contributed by atoms with Crippen molar-refractivity contribution in [3.63, 3.8) is 0 Å². The van der Waals surface area contributed by atoms with E-state index in [4.69, 9.17) is 17.3 Å². The highest BCUT2D eigenvalue weighted by Gasteiger charge is 2.09. The Morgan fingerprint density at radius 3 is 2.56 bits per heavy atom. The summed E-state index contributed by atoms with van der Waals surface area (Å²) in [5.74, 6) is -0.945. The fraction of sp³-hybridized carbons (Fsp3) is 0.0769. The molecule has 2 N–H and O–H groups in total. The van der Waals surface area contributed by atoms with E-state index < -0.39 is 11.6 Å². The van der Waals surface area contributed by atoms with Crippen molar-refractivity contribution in [1.82, 2.24) is 0 Å². The minimum atomic E-state index is -0.477. The predicted octanol–water partition coefficient (Wildman–Crippen LogP) is 4.23. The van der Waals surface area contributed by atoms with Crippen LogP contribution in [0.3, 0.4) is 0 Å². The van der Waals surface area contributed by atoms with Gasteiger partial charge in [-0.3, -0.25) is 0 Å². The first-order chi connectivity index (χ1) is 8.60. The van der Waals surface area contributed by atoms with Crippen molar-refractivity contribution in [2.45, 2.75) is 16.3 Å². The molecular weight excluding hydrogens is 276 g/mol. The highest BCUT2D eigenvalue weighted by molar-refractivity contribution is 7.99. The third kappa shape index (κ3) is 3.02. The van der Waals surface area contributed by atoms with Crippen LogP contribution in [0.4, 0.5) is 8.78 Å². The van der Waals surface area contributed by atoms with Crippen LogP contribution in [0.15, 0.2) is 46.2 Å². The fourth-order valence-corrected chi connectivity index (χ4v) is 2.75. The molecule has 0 saturated heterocycles. The average Bonchev–Trinajstić information content (AvgIpc) is 2.34. The van der Waals surface area contributed by atoms with E-state index in [1.54, 1.807) is 18.2 Å². The molecule has 2 aromatic rings. The van der Waals surface area contributed by atoms with Gasteiger partial charge in [0.25, 0.3) is 0 Å². The largest absolute Gasteiger partial charge is 0.326 e. The van der Waals surface area contributed by atoms with Crippen LogP contribution in [0.1, 0.15) is 5.56 Å². The molecule has 0 amide bonds. The molecular formula is C13H10ClF2NS. The molecule has 0 aromatic heterocycles. The SMILES string of the molecule is NCc1ccc(Cl)cc1Sc1cc(F)ccc1F. The molecule has 0 radical (unpaired) electrons. The van der Waals surface area contributed by atoms with Crippen molar-refractivity contribution in [1.29, 1.82) is 0 Å². The van der Waals surface area contributed by atoms with Crippen molar-refractivity contribution >= 4 is 23.4 Å². The molecule has 0 bridgehead atoms. The molecule has 0 fully saturated rings. The number of halogens is 3. The van der Waals surface area contributed by atoms with Crippen molar-refractivity contribution in [2.75, 3.05) is 0 Å². The summed E-state index contributed by atoms with van der Waals surface area (Å²) in [7, 11) is 0. The van der Waals surface area contributed by atoms with Gasteiger partial charge in [0.15, 0.2) is 0 Å². The Kier molecular flexibility index (Phi) is 4.22. The Morgan fingerprint density at radius 2 is 1.83 bits per heavy atom. The molecule has 18 heavy (non-hydrogen) atoms. The summed E-state index contributed by atoms with van der Waals surface area (Å²) >= 11 is 7.00. The summed E-state index contributed by atoms with van der Waals surface area (Å²) in [6, 6.07) is 8.53. The second-order valence-corrected chi connectivity index (χ2v) is 5.15. The van der Waals surface area contributed by atoms with Crippen LogP contribution in [0.5, 0.6) is 0 Å².